The number of hydrogen-bond acceptors (Lipinski definition) is 3. The van der Waals surface area contributed by atoms with Gasteiger partial charge in [-0.05, 0) is 18.6 Å². The Morgan fingerprint density at radius 2 is 2.11 bits per heavy atom. The van der Waals surface area contributed by atoms with Crippen molar-refractivity contribution in [3.8, 4) is 0 Å². The highest BCUT2D eigenvalue weighted by atomic mass is 35.5. The van der Waals surface area contributed by atoms with Gasteiger partial charge in [0, 0.05) is 6.54 Å². The van der Waals surface area contributed by atoms with E-state index in [1.54, 1.807) is 0 Å². The first-order chi connectivity index (χ1) is 9.04. The van der Waals surface area contributed by atoms with Gasteiger partial charge in [-0.15, -0.1) is 5.10 Å². The fourth-order valence-electron chi connectivity index (χ4n) is 1.65. The maximum Gasteiger partial charge on any atom is 0.215 e. The third-order valence-corrected chi connectivity index (χ3v) is 2.83. The molecule has 0 bridgehead atoms. The summed E-state index contributed by atoms with van der Waals surface area (Å²) in [5, 5.41) is 6.97. The molecule has 0 aliphatic heterocycles. The van der Waals surface area contributed by atoms with E-state index in [2.05, 4.69) is 10.3 Å². The lowest BCUT2D eigenvalue weighted by atomic mass is 10.1. The summed E-state index contributed by atoms with van der Waals surface area (Å²) < 4.78 is 28.3. The number of rotatable bonds is 4. The zero-order valence-corrected chi connectivity index (χ0v) is 10.8. The molecule has 1 aromatic heterocycles. The Morgan fingerprint density at radius 3 is 2.79 bits per heavy atom. The molecular formula is C12H10ClF2N3O. The molecule has 0 fully saturated rings. The van der Waals surface area contributed by atoms with Crippen LogP contribution in [0.25, 0.3) is 0 Å². The molecule has 0 aliphatic rings. The maximum absolute atomic E-state index is 13.7. The maximum atomic E-state index is 13.7. The Kier molecular flexibility index (Phi) is 3.90. The van der Waals surface area contributed by atoms with E-state index in [0.717, 1.165) is 18.6 Å². The van der Waals surface area contributed by atoms with Gasteiger partial charge in [-0.2, -0.15) is 0 Å². The molecule has 0 radical (unpaired) electrons. The second-order valence-corrected chi connectivity index (χ2v) is 4.32. The Morgan fingerprint density at radius 1 is 1.37 bits per heavy atom. The molecule has 1 aromatic carbocycles. The van der Waals surface area contributed by atoms with Crippen LogP contribution in [-0.2, 0) is 6.54 Å². The summed E-state index contributed by atoms with van der Waals surface area (Å²) in [7, 11) is 0. The van der Waals surface area contributed by atoms with Crippen LogP contribution in [0, 0.1) is 11.6 Å². The van der Waals surface area contributed by atoms with Gasteiger partial charge in [0.25, 0.3) is 0 Å². The van der Waals surface area contributed by atoms with E-state index < -0.39 is 17.4 Å². The van der Waals surface area contributed by atoms with Crippen molar-refractivity contribution in [3.05, 3.63) is 46.2 Å². The predicted molar refractivity (Wildman–Crippen MR) is 65.1 cm³/mol. The summed E-state index contributed by atoms with van der Waals surface area (Å²) >= 11 is 5.44. The summed E-state index contributed by atoms with van der Waals surface area (Å²) in [6.07, 6.45) is 1.96. The second-order valence-electron chi connectivity index (χ2n) is 3.92. The molecule has 0 unspecified atom stereocenters. The lowest BCUT2D eigenvalue weighted by Crippen LogP contribution is -2.13. The van der Waals surface area contributed by atoms with Gasteiger partial charge in [-0.1, -0.05) is 23.7 Å². The highest BCUT2D eigenvalue weighted by Gasteiger charge is 2.20. The summed E-state index contributed by atoms with van der Waals surface area (Å²) in [6, 6.07) is 1.56. The minimum absolute atomic E-state index is 0.113. The minimum Gasteiger partial charge on any atom is -0.287 e. The van der Waals surface area contributed by atoms with E-state index in [1.807, 2.05) is 6.92 Å². The van der Waals surface area contributed by atoms with Crippen molar-refractivity contribution in [1.82, 2.24) is 15.0 Å². The van der Waals surface area contributed by atoms with Crippen LogP contribution in [0.4, 0.5) is 8.78 Å². The smallest absolute Gasteiger partial charge is 0.215 e. The number of hydrogen-bond donors (Lipinski definition) is 0. The summed E-state index contributed by atoms with van der Waals surface area (Å²) in [6.45, 7) is 2.37. The molecule has 0 N–H and O–H groups in total. The summed E-state index contributed by atoms with van der Waals surface area (Å²) in [4.78, 5) is 12.1. The van der Waals surface area contributed by atoms with Crippen LogP contribution in [0.2, 0.25) is 5.02 Å². The standard InChI is InChI=1S/C12H10ClF2N3O/c1-2-3-18-11(6-16-17-18)12(19)7-4-10(15)8(13)5-9(7)14/h4-6H,2-3H2,1H3. The van der Waals surface area contributed by atoms with Crippen molar-refractivity contribution in [2.75, 3.05) is 0 Å². The van der Waals surface area contributed by atoms with Crippen LogP contribution >= 0.6 is 11.6 Å². The largest absolute Gasteiger partial charge is 0.287 e. The van der Waals surface area contributed by atoms with Crippen LogP contribution in [0.15, 0.2) is 18.3 Å². The molecule has 7 heteroatoms. The van der Waals surface area contributed by atoms with Crippen LogP contribution < -0.4 is 0 Å². The third-order valence-electron chi connectivity index (χ3n) is 2.54. The molecular weight excluding hydrogens is 276 g/mol. The average Bonchev–Trinajstić information content (AvgIpc) is 2.82. The fraction of sp³-hybridized carbons (Fsp3) is 0.250. The predicted octanol–water partition coefficient (Wildman–Crippen LogP) is 2.85. The molecule has 2 aromatic rings. The topological polar surface area (TPSA) is 47.8 Å². The Bertz CT molecular complexity index is 627. The monoisotopic (exact) mass is 285 g/mol. The minimum atomic E-state index is -0.874. The Labute approximate surface area is 113 Å². The van der Waals surface area contributed by atoms with Gasteiger partial charge < -0.3 is 0 Å². The first-order valence-electron chi connectivity index (χ1n) is 5.62. The normalized spacial score (nSPS) is 10.7. The lowest BCUT2D eigenvalue weighted by Gasteiger charge is -2.05. The van der Waals surface area contributed by atoms with Gasteiger partial charge in [0.2, 0.25) is 5.78 Å². The fourth-order valence-corrected chi connectivity index (χ4v) is 1.80. The molecule has 2 rings (SSSR count). The first-order valence-corrected chi connectivity index (χ1v) is 6.00. The quantitative estimate of drug-likeness (QED) is 0.641. The Hall–Kier alpha value is -1.82. The molecule has 4 nitrogen and oxygen atoms in total. The highest BCUT2D eigenvalue weighted by molar-refractivity contribution is 6.30. The third kappa shape index (κ3) is 2.63. The van der Waals surface area contributed by atoms with Crippen LogP contribution in [0.1, 0.15) is 29.4 Å². The molecule has 0 spiro atoms. The molecule has 0 atom stereocenters. The number of nitrogens with zero attached hydrogens (tertiary/aromatic N) is 3. The molecule has 0 amide bonds. The summed E-state index contributed by atoms with van der Waals surface area (Å²) in [5.41, 5.74) is -0.274. The molecule has 1 heterocycles. The SMILES string of the molecule is CCCn1nncc1C(=O)c1cc(F)c(Cl)cc1F. The van der Waals surface area contributed by atoms with Crippen molar-refractivity contribution in [2.45, 2.75) is 19.9 Å². The second kappa shape index (κ2) is 5.44. The van der Waals surface area contributed by atoms with Gasteiger partial charge in [0.15, 0.2) is 0 Å². The molecule has 0 saturated heterocycles. The van der Waals surface area contributed by atoms with Crippen molar-refractivity contribution >= 4 is 17.4 Å². The number of carbonyl (C=O) groups is 1. The molecule has 100 valence electrons. The number of halogens is 3. The van der Waals surface area contributed by atoms with Crippen LogP contribution in [0.3, 0.4) is 0 Å². The zero-order chi connectivity index (χ0) is 14.0. The van der Waals surface area contributed by atoms with Gasteiger partial charge in [0.05, 0.1) is 16.8 Å². The van der Waals surface area contributed by atoms with Gasteiger partial charge in [-0.3, -0.25) is 4.79 Å². The van der Waals surface area contributed by atoms with Crippen LogP contribution in [-0.4, -0.2) is 20.8 Å². The molecule has 19 heavy (non-hydrogen) atoms. The number of ketones is 1. The first kappa shape index (κ1) is 13.6. The van der Waals surface area contributed by atoms with Crippen molar-refractivity contribution in [2.24, 2.45) is 0 Å². The highest BCUT2D eigenvalue weighted by Crippen LogP contribution is 2.21. The van der Waals surface area contributed by atoms with Crippen LogP contribution in [0.5, 0.6) is 0 Å². The lowest BCUT2D eigenvalue weighted by molar-refractivity contribution is 0.102. The number of carbonyl (C=O) groups excluding carboxylic acids is 1. The zero-order valence-electron chi connectivity index (χ0n) is 10.0. The van der Waals surface area contributed by atoms with Gasteiger partial charge >= 0.3 is 0 Å². The van der Waals surface area contributed by atoms with Gasteiger partial charge in [0.1, 0.15) is 17.3 Å². The average molecular weight is 286 g/mol. The van der Waals surface area contributed by atoms with E-state index in [0.29, 0.717) is 6.54 Å². The van der Waals surface area contributed by atoms with E-state index in [4.69, 9.17) is 11.6 Å². The number of aryl methyl sites for hydroxylation is 1. The van der Waals surface area contributed by atoms with E-state index >= 15 is 0 Å². The van der Waals surface area contributed by atoms with Gasteiger partial charge in [-0.25, -0.2) is 13.5 Å². The van der Waals surface area contributed by atoms with E-state index in [1.165, 1.54) is 10.9 Å². The van der Waals surface area contributed by atoms with Crippen molar-refractivity contribution in [1.29, 1.82) is 0 Å². The van der Waals surface area contributed by atoms with E-state index in [-0.39, 0.29) is 16.3 Å². The number of aromatic nitrogens is 3. The molecule has 0 aliphatic carbocycles. The van der Waals surface area contributed by atoms with Crippen molar-refractivity contribution < 1.29 is 13.6 Å². The van der Waals surface area contributed by atoms with Crippen molar-refractivity contribution in [3.63, 3.8) is 0 Å². The summed E-state index contributed by atoms with van der Waals surface area (Å²) in [5.74, 6) is -2.40. The van der Waals surface area contributed by atoms with E-state index in [9.17, 15) is 13.6 Å². The molecule has 0 saturated carbocycles. The Balaban J connectivity index is 2.44. The number of benzene rings is 1.